The van der Waals surface area contributed by atoms with Gasteiger partial charge in [-0.1, -0.05) is 54.2 Å². The van der Waals surface area contributed by atoms with E-state index in [4.69, 9.17) is 4.74 Å². The molecule has 0 atom stereocenters. The van der Waals surface area contributed by atoms with Crippen LogP contribution in [0.15, 0.2) is 59.8 Å². The van der Waals surface area contributed by atoms with Crippen LogP contribution in [0.25, 0.3) is 10.9 Å². The average molecular weight is 411 g/mol. The summed E-state index contributed by atoms with van der Waals surface area (Å²) in [6.45, 7) is 4.41. The first-order valence-corrected chi connectivity index (χ1v) is 10.6. The lowest BCUT2D eigenvalue weighted by atomic mass is 10.2. The van der Waals surface area contributed by atoms with Crippen LogP contribution in [0.4, 0.5) is 5.82 Å². The molecule has 3 rings (SSSR count). The molecule has 2 aromatic carbocycles. The number of nitrogens with one attached hydrogen (secondary N) is 1. The minimum absolute atomic E-state index is 0.0395. The number of amides is 1. The van der Waals surface area contributed by atoms with E-state index in [0.29, 0.717) is 24.9 Å². The van der Waals surface area contributed by atoms with Crippen LogP contribution in [0.1, 0.15) is 12.5 Å². The summed E-state index contributed by atoms with van der Waals surface area (Å²) in [4.78, 5) is 23.9. The lowest BCUT2D eigenvalue weighted by molar-refractivity contribution is -0.129. The van der Waals surface area contributed by atoms with E-state index < -0.39 is 0 Å². The Hall–Kier alpha value is -2.64. The molecule has 0 aliphatic rings. The molecule has 6 nitrogen and oxygen atoms in total. The third kappa shape index (κ3) is 5.92. The van der Waals surface area contributed by atoms with Crippen molar-refractivity contribution in [2.45, 2.75) is 18.6 Å². The highest BCUT2D eigenvalue weighted by Gasteiger charge is 2.16. The average Bonchev–Trinajstić information content (AvgIpc) is 2.76. The Morgan fingerprint density at radius 1 is 1.10 bits per heavy atom. The zero-order chi connectivity index (χ0) is 20.5. The molecule has 0 radical (unpaired) electrons. The molecular formula is C22H26N4O2S. The van der Waals surface area contributed by atoms with Gasteiger partial charge in [0.1, 0.15) is 5.82 Å². The molecule has 7 heteroatoms. The monoisotopic (exact) mass is 410 g/mol. The fourth-order valence-electron chi connectivity index (χ4n) is 2.94. The minimum Gasteiger partial charge on any atom is -0.383 e. The van der Waals surface area contributed by atoms with E-state index in [1.54, 1.807) is 7.11 Å². The maximum atomic E-state index is 12.9. The van der Waals surface area contributed by atoms with Crippen molar-refractivity contribution >= 4 is 34.4 Å². The standard InChI is InChI=1S/C22H26N4O2S/c1-3-23-21-18-11-7-8-12-19(18)24-22(25-21)29-16-20(27)26(13-14-28-2)15-17-9-5-4-6-10-17/h4-12H,3,13-16H2,1-2H3,(H,23,24,25). The van der Waals surface area contributed by atoms with Gasteiger partial charge in [0.15, 0.2) is 5.16 Å². The van der Waals surface area contributed by atoms with Gasteiger partial charge in [0.05, 0.1) is 17.9 Å². The Morgan fingerprint density at radius 3 is 2.62 bits per heavy atom. The highest BCUT2D eigenvalue weighted by atomic mass is 32.2. The molecule has 0 bridgehead atoms. The number of thioether (sulfide) groups is 1. The summed E-state index contributed by atoms with van der Waals surface area (Å²) in [7, 11) is 1.64. The van der Waals surface area contributed by atoms with Crippen molar-refractivity contribution in [1.29, 1.82) is 0 Å². The molecule has 3 aromatic rings. The number of benzene rings is 2. The van der Waals surface area contributed by atoms with Gasteiger partial charge in [0, 0.05) is 32.1 Å². The highest BCUT2D eigenvalue weighted by Crippen LogP contribution is 2.24. The van der Waals surface area contributed by atoms with Crippen molar-refractivity contribution in [2.75, 3.05) is 37.9 Å². The van der Waals surface area contributed by atoms with Crippen molar-refractivity contribution in [2.24, 2.45) is 0 Å². The van der Waals surface area contributed by atoms with Gasteiger partial charge in [-0.15, -0.1) is 0 Å². The summed E-state index contributed by atoms with van der Waals surface area (Å²) >= 11 is 1.36. The van der Waals surface area contributed by atoms with Crippen molar-refractivity contribution in [3.8, 4) is 0 Å². The molecule has 0 aliphatic carbocycles. The number of anilines is 1. The largest absolute Gasteiger partial charge is 0.383 e. The van der Waals surface area contributed by atoms with E-state index in [1.807, 2.05) is 66.4 Å². The van der Waals surface area contributed by atoms with E-state index in [1.165, 1.54) is 11.8 Å². The van der Waals surface area contributed by atoms with Crippen molar-refractivity contribution in [3.05, 3.63) is 60.2 Å². The number of hydrogen-bond donors (Lipinski definition) is 1. The van der Waals surface area contributed by atoms with Crippen LogP contribution in [-0.2, 0) is 16.1 Å². The van der Waals surface area contributed by atoms with Gasteiger partial charge in [-0.25, -0.2) is 9.97 Å². The van der Waals surface area contributed by atoms with Gasteiger partial charge in [-0.3, -0.25) is 4.79 Å². The summed E-state index contributed by atoms with van der Waals surface area (Å²) in [5.41, 5.74) is 1.97. The van der Waals surface area contributed by atoms with Crippen LogP contribution in [0.2, 0.25) is 0 Å². The smallest absolute Gasteiger partial charge is 0.233 e. The molecule has 0 unspecified atom stereocenters. The van der Waals surface area contributed by atoms with E-state index in [-0.39, 0.29) is 11.7 Å². The Morgan fingerprint density at radius 2 is 1.86 bits per heavy atom. The van der Waals surface area contributed by atoms with Crippen LogP contribution in [0.3, 0.4) is 0 Å². The third-order valence-corrected chi connectivity index (χ3v) is 5.22. The molecule has 29 heavy (non-hydrogen) atoms. The molecule has 0 saturated carbocycles. The van der Waals surface area contributed by atoms with Gasteiger partial charge in [-0.05, 0) is 24.6 Å². The number of para-hydroxylation sites is 1. The first-order valence-electron chi connectivity index (χ1n) is 9.65. The number of fused-ring (bicyclic) bond motifs is 1. The lowest BCUT2D eigenvalue weighted by Crippen LogP contribution is -2.34. The molecule has 0 spiro atoms. The fraction of sp³-hybridized carbons (Fsp3) is 0.318. The van der Waals surface area contributed by atoms with Crippen LogP contribution in [-0.4, -0.2) is 53.3 Å². The number of nitrogens with zero attached hydrogens (tertiary/aromatic N) is 3. The van der Waals surface area contributed by atoms with Crippen molar-refractivity contribution in [3.63, 3.8) is 0 Å². The minimum atomic E-state index is 0.0395. The number of aromatic nitrogens is 2. The highest BCUT2D eigenvalue weighted by molar-refractivity contribution is 7.99. The van der Waals surface area contributed by atoms with E-state index in [0.717, 1.165) is 28.8 Å². The number of rotatable bonds is 10. The van der Waals surface area contributed by atoms with E-state index in [9.17, 15) is 4.79 Å². The van der Waals surface area contributed by atoms with Crippen molar-refractivity contribution < 1.29 is 9.53 Å². The van der Waals surface area contributed by atoms with Crippen LogP contribution in [0, 0.1) is 0 Å². The van der Waals surface area contributed by atoms with Crippen LogP contribution >= 0.6 is 11.8 Å². The molecule has 1 heterocycles. The molecule has 152 valence electrons. The number of ether oxygens (including phenoxy) is 1. The number of hydrogen-bond acceptors (Lipinski definition) is 6. The van der Waals surface area contributed by atoms with E-state index >= 15 is 0 Å². The number of carbonyl (C=O) groups excluding carboxylic acids is 1. The molecular weight excluding hydrogens is 384 g/mol. The molecule has 0 saturated heterocycles. The Bertz CT molecular complexity index is 937. The molecule has 1 amide bonds. The maximum Gasteiger partial charge on any atom is 0.233 e. The zero-order valence-electron chi connectivity index (χ0n) is 16.8. The lowest BCUT2D eigenvalue weighted by Gasteiger charge is -2.22. The first kappa shape index (κ1) is 21.1. The molecule has 1 aromatic heterocycles. The van der Waals surface area contributed by atoms with Crippen LogP contribution in [0.5, 0.6) is 0 Å². The maximum absolute atomic E-state index is 12.9. The predicted molar refractivity (Wildman–Crippen MR) is 118 cm³/mol. The molecule has 1 N–H and O–H groups in total. The van der Waals surface area contributed by atoms with Gasteiger partial charge in [0.2, 0.25) is 5.91 Å². The summed E-state index contributed by atoms with van der Waals surface area (Å²) in [5, 5.41) is 4.86. The molecule has 0 aliphatic heterocycles. The Balaban J connectivity index is 1.71. The summed E-state index contributed by atoms with van der Waals surface area (Å²) in [6.07, 6.45) is 0. The first-order chi connectivity index (χ1) is 14.2. The Labute approximate surface area is 175 Å². The van der Waals surface area contributed by atoms with Crippen LogP contribution < -0.4 is 5.32 Å². The van der Waals surface area contributed by atoms with E-state index in [2.05, 4.69) is 15.3 Å². The van der Waals surface area contributed by atoms with Gasteiger partial charge >= 0.3 is 0 Å². The second-order valence-electron chi connectivity index (χ2n) is 6.48. The third-order valence-electron chi connectivity index (χ3n) is 4.39. The summed E-state index contributed by atoms with van der Waals surface area (Å²) < 4.78 is 5.18. The normalized spacial score (nSPS) is 10.8. The van der Waals surface area contributed by atoms with Gasteiger partial charge < -0.3 is 15.0 Å². The number of carbonyl (C=O) groups is 1. The second-order valence-corrected chi connectivity index (χ2v) is 7.43. The summed E-state index contributed by atoms with van der Waals surface area (Å²) in [5.74, 6) is 1.12. The van der Waals surface area contributed by atoms with Gasteiger partial charge in [0.25, 0.3) is 0 Å². The molecule has 0 fully saturated rings. The second kappa shape index (κ2) is 10.8. The van der Waals surface area contributed by atoms with Crippen molar-refractivity contribution in [1.82, 2.24) is 14.9 Å². The fourth-order valence-corrected chi connectivity index (χ4v) is 3.69. The Kier molecular flexibility index (Phi) is 7.84. The predicted octanol–water partition coefficient (Wildman–Crippen LogP) is 3.83. The topological polar surface area (TPSA) is 67.4 Å². The quantitative estimate of drug-likeness (QED) is 0.405. The zero-order valence-corrected chi connectivity index (χ0v) is 17.6. The summed E-state index contributed by atoms with van der Waals surface area (Å²) in [6, 6.07) is 17.9. The van der Waals surface area contributed by atoms with Gasteiger partial charge in [-0.2, -0.15) is 0 Å². The number of methoxy groups -OCH3 is 1. The SMILES string of the molecule is CCNc1nc(SCC(=O)N(CCOC)Cc2ccccc2)nc2ccccc12.